The first kappa shape index (κ1) is 13.4. The Morgan fingerprint density at radius 2 is 1.92 bits per heavy atom. The molecule has 0 saturated carbocycles. The Labute approximate surface area is 109 Å². The Morgan fingerprint density at radius 1 is 1.38 bits per heavy atom. The fourth-order valence-corrected chi connectivity index (χ4v) is 2.04. The molecule has 0 spiro atoms. The Kier molecular flexibility index (Phi) is 6.98. The van der Waals surface area contributed by atoms with Crippen molar-refractivity contribution in [3.63, 3.8) is 0 Å². The molecule has 0 bridgehead atoms. The van der Waals surface area contributed by atoms with E-state index < -0.39 is 0 Å². The number of thioether (sulfide) groups is 1. The van der Waals surface area contributed by atoms with E-state index in [1.807, 2.05) is 18.2 Å². The molecule has 70 valence electrons. The molecule has 0 aliphatic heterocycles. The van der Waals surface area contributed by atoms with Gasteiger partial charge in [0.1, 0.15) is 4.32 Å². The van der Waals surface area contributed by atoms with E-state index in [0.717, 1.165) is 0 Å². The minimum absolute atomic E-state index is 0. The molecule has 0 aromatic heterocycles. The summed E-state index contributed by atoms with van der Waals surface area (Å²) in [5, 5.41) is 0.351. The van der Waals surface area contributed by atoms with Crippen LogP contribution in [0.15, 0.2) is 30.3 Å². The van der Waals surface area contributed by atoms with E-state index in [4.69, 9.17) is 18.0 Å². The van der Waals surface area contributed by atoms with Crippen molar-refractivity contribution in [2.45, 2.75) is 12.2 Å². The van der Waals surface area contributed by atoms with Crippen LogP contribution in [0.25, 0.3) is 0 Å². The van der Waals surface area contributed by atoms with Crippen molar-refractivity contribution in [1.82, 2.24) is 0 Å². The predicted octanol–water partition coefficient (Wildman–Crippen LogP) is 1.81. The van der Waals surface area contributed by atoms with Crippen LogP contribution >= 0.6 is 24.0 Å². The van der Waals surface area contributed by atoms with Crippen LogP contribution < -0.4 is 5.73 Å². The van der Waals surface area contributed by atoms with E-state index in [1.165, 1.54) is 17.3 Å². The third-order valence-electron chi connectivity index (χ3n) is 1.56. The first-order chi connectivity index (χ1) is 5.70. The average Bonchev–Trinajstić information content (AvgIpc) is 2.05. The maximum atomic E-state index is 5.43. The van der Waals surface area contributed by atoms with Gasteiger partial charge in [-0.05, 0) is 12.5 Å². The Bertz CT molecular complexity index is 264. The molecule has 4 heteroatoms. The van der Waals surface area contributed by atoms with Crippen molar-refractivity contribution >= 4 is 55.6 Å². The van der Waals surface area contributed by atoms with Crippen LogP contribution in [0.2, 0.25) is 0 Å². The molecule has 1 atom stereocenters. The second kappa shape index (κ2) is 6.78. The van der Waals surface area contributed by atoms with Gasteiger partial charge in [0.15, 0.2) is 0 Å². The molecule has 2 N–H and O–H groups in total. The van der Waals surface area contributed by atoms with E-state index >= 15 is 0 Å². The average molecular weight is 407 g/mol. The zero-order valence-electron chi connectivity index (χ0n) is 7.57. The van der Waals surface area contributed by atoms with Crippen molar-refractivity contribution in [3.8, 4) is 0 Å². The number of hydrogen-bond acceptors (Lipinski definition) is 2. The van der Waals surface area contributed by atoms with Crippen molar-refractivity contribution in [2.75, 3.05) is 0 Å². The number of thiocarbonyl (C=S) groups is 1. The van der Waals surface area contributed by atoms with Crippen LogP contribution in [-0.4, -0.2) is 31.6 Å². The van der Waals surface area contributed by atoms with Crippen LogP contribution in [-0.2, 0) is 0 Å². The summed E-state index contributed by atoms with van der Waals surface area (Å²) in [6.07, 6.45) is 0. The molecular formula is C9H13NPbS2. The van der Waals surface area contributed by atoms with Crippen LogP contribution in [0.4, 0.5) is 0 Å². The zero-order valence-corrected chi connectivity index (χ0v) is 14.7. The number of benzene rings is 1. The Balaban J connectivity index is 0.00000144. The SMILES string of the molecule is CC(SC(N)=S)c1ccccc1.[PbH2]. The zero-order chi connectivity index (χ0) is 8.97. The molecule has 1 nitrogen and oxygen atoms in total. The van der Waals surface area contributed by atoms with Gasteiger partial charge in [-0.1, -0.05) is 54.3 Å². The Morgan fingerprint density at radius 3 is 2.38 bits per heavy atom. The van der Waals surface area contributed by atoms with Gasteiger partial charge in [0.2, 0.25) is 0 Å². The second-order valence-electron chi connectivity index (χ2n) is 2.49. The van der Waals surface area contributed by atoms with Gasteiger partial charge in [-0.25, -0.2) is 0 Å². The molecule has 1 aromatic carbocycles. The van der Waals surface area contributed by atoms with Gasteiger partial charge in [0.05, 0.1) is 0 Å². The second-order valence-corrected chi connectivity index (χ2v) is 4.57. The van der Waals surface area contributed by atoms with E-state index in [-0.39, 0.29) is 27.3 Å². The molecule has 1 unspecified atom stereocenters. The van der Waals surface area contributed by atoms with Gasteiger partial charge in [-0.15, -0.1) is 0 Å². The molecule has 0 heterocycles. The van der Waals surface area contributed by atoms with Gasteiger partial charge >= 0.3 is 27.3 Å². The molecule has 1 aromatic rings. The first-order valence-electron chi connectivity index (χ1n) is 3.71. The van der Waals surface area contributed by atoms with E-state index in [9.17, 15) is 0 Å². The maximum absolute atomic E-state index is 5.43. The first-order valence-corrected chi connectivity index (χ1v) is 5.00. The summed E-state index contributed by atoms with van der Waals surface area (Å²) in [4.78, 5) is 0. The van der Waals surface area contributed by atoms with Crippen LogP contribution in [0, 0.1) is 0 Å². The van der Waals surface area contributed by atoms with Crippen LogP contribution in [0.1, 0.15) is 17.7 Å². The molecular weight excluding hydrogens is 393 g/mol. The molecule has 13 heavy (non-hydrogen) atoms. The molecule has 0 amide bonds. The molecule has 0 fully saturated rings. The number of rotatable bonds is 2. The third kappa shape index (κ3) is 4.97. The molecule has 0 aliphatic rings. The summed E-state index contributed by atoms with van der Waals surface area (Å²) in [6, 6.07) is 10.2. The minimum atomic E-state index is 0. The van der Waals surface area contributed by atoms with Crippen molar-refractivity contribution in [2.24, 2.45) is 5.73 Å². The Hall–Kier alpha value is 0.382. The summed E-state index contributed by atoms with van der Waals surface area (Å²) in [6.45, 7) is 2.10. The number of hydrogen-bond donors (Lipinski definition) is 1. The van der Waals surface area contributed by atoms with Crippen LogP contribution in [0.5, 0.6) is 0 Å². The monoisotopic (exact) mass is 407 g/mol. The van der Waals surface area contributed by atoms with Gasteiger partial charge in [-0.3, -0.25) is 0 Å². The predicted molar refractivity (Wildman–Crippen MR) is 67.8 cm³/mol. The summed E-state index contributed by atoms with van der Waals surface area (Å²) in [5.74, 6) is 0. The quantitative estimate of drug-likeness (QED) is 0.599. The van der Waals surface area contributed by atoms with Gasteiger partial charge in [0, 0.05) is 5.25 Å². The topological polar surface area (TPSA) is 26.0 Å². The summed E-state index contributed by atoms with van der Waals surface area (Å²) < 4.78 is 0.506. The van der Waals surface area contributed by atoms with Gasteiger partial charge in [0.25, 0.3) is 0 Å². The molecule has 1 rings (SSSR count). The third-order valence-corrected chi connectivity index (χ3v) is 2.71. The molecule has 0 saturated heterocycles. The number of nitrogens with two attached hydrogens (primary N) is 1. The summed E-state index contributed by atoms with van der Waals surface area (Å²) in [7, 11) is 0. The van der Waals surface area contributed by atoms with Gasteiger partial charge < -0.3 is 5.73 Å². The standard InChI is InChI=1S/C9H11NS2.Pb.2H/c1-7(12-9(10)11)8-5-3-2-4-6-8;;;/h2-7H,1H3,(H2,10,11);;;. The van der Waals surface area contributed by atoms with E-state index in [2.05, 4.69) is 19.1 Å². The van der Waals surface area contributed by atoms with E-state index in [0.29, 0.717) is 9.57 Å². The molecule has 0 aliphatic carbocycles. The summed E-state index contributed by atoms with van der Waals surface area (Å²) >= 11 is 6.33. The fourth-order valence-electron chi connectivity index (χ4n) is 0.966. The van der Waals surface area contributed by atoms with Crippen molar-refractivity contribution < 1.29 is 0 Å². The normalized spacial score (nSPS) is 11.5. The van der Waals surface area contributed by atoms with E-state index in [1.54, 1.807) is 0 Å². The fraction of sp³-hybridized carbons (Fsp3) is 0.222. The summed E-state index contributed by atoms with van der Waals surface area (Å²) in [5.41, 5.74) is 6.68. The van der Waals surface area contributed by atoms with Gasteiger partial charge in [-0.2, -0.15) is 0 Å². The van der Waals surface area contributed by atoms with Crippen LogP contribution in [0.3, 0.4) is 0 Å². The van der Waals surface area contributed by atoms with Crippen molar-refractivity contribution in [3.05, 3.63) is 35.9 Å². The molecule has 2 radical (unpaired) electrons. The van der Waals surface area contributed by atoms with Crippen molar-refractivity contribution in [1.29, 1.82) is 0 Å².